The van der Waals surface area contributed by atoms with Crippen molar-refractivity contribution in [3.8, 4) is 5.75 Å². The van der Waals surface area contributed by atoms with Crippen LogP contribution < -0.4 is 15.4 Å². The Balaban J connectivity index is 1.83. The second-order valence-electron chi connectivity index (χ2n) is 7.54. The van der Waals surface area contributed by atoms with E-state index in [9.17, 15) is 4.79 Å². The highest BCUT2D eigenvalue weighted by Crippen LogP contribution is 2.29. The molecule has 0 aromatic heterocycles. The Labute approximate surface area is 145 Å². The Hall–Kier alpha value is -1.91. The number of carbonyl (C=O) groups excluding carboxylic acids is 1. The standard InChI is InChI=1S/C19H30N2O3/c1-13-6-11-17(23-5)16(12-13)20-14-7-9-15(10-8-14)21-18(22)24-19(2,3)4/h6,11-12,14-15,20H,7-10H2,1-5H3,(H,21,22). The van der Waals surface area contributed by atoms with Crippen LogP contribution in [0.2, 0.25) is 0 Å². The minimum atomic E-state index is -0.454. The molecule has 0 bridgehead atoms. The van der Waals surface area contributed by atoms with Gasteiger partial charge in [-0.15, -0.1) is 0 Å². The number of rotatable bonds is 4. The van der Waals surface area contributed by atoms with Crippen LogP contribution in [0.25, 0.3) is 0 Å². The lowest BCUT2D eigenvalue weighted by Gasteiger charge is -2.31. The quantitative estimate of drug-likeness (QED) is 0.864. The molecule has 134 valence electrons. The molecule has 0 aliphatic heterocycles. The number of methoxy groups -OCH3 is 1. The molecule has 0 heterocycles. The molecule has 5 heteroatoms. The zero-order chi connectivity index (χ0) is 17.7. The number of nitrogens with one attached hydrogen (secondary N) is 2. The molecule has 1 saturated carbocycles. The van der Waals surface area contributed by atoms with Crippen LogP contribution in [0.5, 0.6) is 5.75 Å². The van der Waals surface area contributed by atoms with E-state index >= 15 is 0 Å². The molecular weight excluding hydrogens is 304 g/mol. The average Bonchev–Trinajstić information content (AvgIpc) is 2.47. The lowest BCUT2D eigenvalue weighted by atomic mass is 9.91. The normalized spacial score (nSPS) is 21.0. The number of carbonyl (C=O) groups is 1. The maximum atomic E-state index is 11.9. The Bertz CT molecular complexity index is 558. The number of ether oxygens (including phenoxy) is 2. The molecule has 5 nitrogen and oxygen atoms in total. The summed E-state index contributed by atoms with van der Waals surface area (Å²) in [5, 5.41) is 6.56. The van der Waals surface area contributed by atoms with Crippen LogP contribution in [0.15, 0.2) is 18.2 Å². The topological polar surface area (TPSA) is 59.6 Å². The van der Waals surface area contributed by atoms with Gasteiger partial charge >= 0.3 is 6.09 Å². The van der Waals surface area contributed by atoms with Gasteiger partial charge in [0.05, 0.1) is 12.8 Å². The van der Waals surface area contributed by atoms with Crippen LogP contribution in [0.1, 0.15) is 52.0 Å². The van der Waals surface area contributed by atoms with Crippen molar-refractivity contribution in [3.63, 3.8) is 0 Å². The third-order valence-corrected chi connectivity index (χ3v) is 4.16. The summed E-state index contributed by atoms with van der Waals surface area (Å²) in [6.45, 7) is 7.71. The predicted octanol–water partition coefficient (Wildman–Crippen LogP) is 4.25. The van der Waals surface area contributed by atoms with Crippen molar-refractivity contribution >= 4 is 11.8 Å². The van der Waals surface area contributed by atoms with Gasteiger partial charge in [0.2, 0.25) is 0 Å². The first-order valence-electron chi connectivity index (χ1n) is 8.67. The molecular formula is C19H30N2O3. The highest BCUT2D eigenvalue weighted by atomic mass is 16.6. The monoisotopic (exact) mass is 334 g/mol. The third-order valence-electron chi connectivity index (χ3n) is 4.16. The van der Waals surface area contributed by atoms with E-state index in [0.717, 1.165) is 37.1 Å². The van der Waals surface area contributed by atoms with E-state index in [-0.39, 0.29) is 12.1 Å². The first-order chi connectivity index (χ1) is 11.3. The van der Waals surface area contributed by atoms with E-state index in [2.05, 4.69) is 23.6 Å². The summed E-state index contributed by atoms with van der Waals surface area (Å²) < 4.78 is 10.8. The van der Waals surface area contributed by atoms with Crippen LogP contribution in [0, 0.1) is 6.92 Å². The fraction of sp³-hybridized carbons (Fsp3) is 0.632. The van der Waals surface area contributed by atoms with Crippen LogP contribution in [-0.4, -0.2) is 30.9 Å². The lowest BCUT2D eigenvalue weighted by Crippen LogP contribution is -2.42. The van der Waals surface area contributed by atoms with Gasteiger partial charge in [0.1, 0.15) is 11.4 Å². The van der Waals surface area contributed by atoms with Gasteiger partial charge in [-0.2, -0.15) is 0 Å². The van der Waals surface area contributed by atoms with Crippen LogP contribution in [-0.2, 0) is 4.74 Å². The number of aryl methyl sites for hydroxylation is 1. The molecule has 1 aliphatic rings. The molecule has 1 amide bonds. The second-order valence-corrected chi connectivity index (χ2v) is 7.54. The number of anilines is 1. The molecule has 0 radical (unpaired) electrons. The molecule has 1 aromatic carbocycles. The third kappa shape index (κ3) is 5.62. The molecule has 1 fully saturated rings. The van der Waals surface area contributed by atoms with Gasteiger partial charge in [-0.05, 0) is 71.1 Å². The summed E-state index contributed by atoms with van der Waals surface area (Å²) in [6, 6.07) is 6.75. The van der Waals surface area contributed by atoms with Crippen molar-refractivity contribution < 1.29 is 14.3 Å². The molecule has 0 spiro atoms. The summed E-state index contributed by atoms with van der Waals surface area (Å²) in [5.74, 6) is 0.870. The SMILES string of the molecule is COc1ccc(C)cc1NC1CCC(NC(=O)OC(C)(C)C)CC1. The number of hydrogen-bond donors (Lipinski definition) is 2. The molecule has 1 aromatic rings. The maximum Gasteiger partial charge on any atom is 0.407 e. The van der Waals surface area contributed by atoms with Crippen LogP contribution in [0.4, 0.5) is 10.5 Å². The Morgan fingerprint density at radius 2 is 1.75 bits per heavy atom. The van der Waals surface area contributed by atoms with Gasteiger partial charge in [0.25, 0.3) is 0 Å². The fourth-order valence-electron chi connectivity index (χ4n) is 3.01. The summed E-state index contributed by atoms with van der Waals surface area (Å²) in [5.41, 5.74) is 1.80. The van der Waals surface area contributed by atoms with Crippen molar-refractivity contribution in [2.24, 2.45) is 0 Å². The minimum absolute atomic E-state index is 0.192. The van der Waals surface area contributed by atoms with Crippen molar-refractivity contribution in [2.75, 3.05) is 12.4 Å². The smallest absolute Gasteiger partial charge is 0.407 e. The fourth-order valence-corrected chi connectivity index (χ4v) is 3.01. The number of benzene rings is 1. The molecule has 1 aliphatic carbocycles. The Kier molecular flexibility index (Phi) is 5.97. The summed E-state index contributed by atoms with van der Waals surface area (Å²) >= 11 is 0. The Morgan fingerprint density at radius 1 is 1.12 bits per heavy atom. The van der Waals surface area contributed by atoms with Crippen molar-refractivity contribution in [2.45, 2.75) is 71.1 Å². The van der Waals surface area contributed by atoms with E-state index in [4.69, 9.17) is 9.47 Å². The first-order valence-corrected chi connectivity index (χ1v) is 8.67. The summed E-state index contributed by atoms with van der Waals surface area (Å²) in [7, 11) is 1.69. The zero-order valence-electron chi connectivity index (χ0n) is 15.4. The van der Waals surface area contributed by atoms with Crippen molar-refractivity contribution in [3.05, 3.63) is 23.8 Å². The second kappa shape index (κ2) is 7.77. The predicted molar refractivity (Wildman–Crippen MR) is 96.8 cm³/mol. The Morgan fingerprint density at radius 3 is 2.33 bits per heavy atom. The highest BCUT2D eigenvalue weighted by Gasteiger charge is 2.25. The van der Waals surface area contributed by atoms with E-state index in [1.165, 1.54) is 5.56 Å². The minimum Gasteiger partial charge on any atom is -0.495 e. The molecule has 2 N–H and O–H groups in total. The average molecular weight is 334 g/mol. The molecule has 0 atom stereocenters. The van der Waals surface area contributed by atoms with E-state index in [1.54, 1.807) is 7.11 Å². The van der Waals surface area contributed by atoms with Gasteiger partial charge in [-0.3, -0.25) is 0 Å². The zero-order valence-corrected chi connectivity index (χ0v) is 15.4. The lowest BCUT2D eigenvalue weighted by molar-refractivity contribution is 0.0492. The summed E-state index contributed by atoms with van der Waals surface area (Å²) in [6.07, 6.45) is 3.60. The van der Waals surface area contributed by atoms with Crippen molar-refractivity contribution in [1.29, 1.82) is 0 Å². The van der Waals surface area contributed by atoms with Gasteiger partial charge < -0.3 is 20.1 Å². The van der Waals surface area contributed by atoms with Gasteiger partial charge in [0.15, 0.2) is 0 Å². The summed E-state index contributed by atoms with van der Waals surface area (Å²) in [4.78, 5) is 11.9. The van der Waals surface area contributed by atoms with Gasteiger partial charge in [-0.1, -0.05) is 6.07 Å². The van der Waals surface area contributed by atoms with E-state index in [0.29, 0.717) is 6.04 Å². The number of hydrogen-bond acceptors (Lipinski definition) is 4. The van der Waals surface area contributed by atoms with E-state index in [1.807, 2.05) is 32.9 Å². The number of alkyl carbamates (subject to hydrolysis) is 1. The van der Waals surface area contributed by atoms with Gasteiger partial charge in [0, 0.05) is 12.1 Å². The van der Waals surface area contributed by atoms with E-state index < -0.39 is 5.60 Å². The largest absolute Gasteiger partial charge is 0.495 e. The van der Waals surface area contributed by atoms with Crippen LogP contribution >= 0.6 is 0 Å². The van der Waals surface area contributed by atoms with Crippen LogP contribution in [0.3, 0.4) is 0 Å². The van der Waals surface area contributed by atoms with Gasteiger partial charge in [-0.25, -0.2) is 4.79 Å². The number of amides is 1. The molecule has 0 unspecified atom stereocenters. The molecule has 2 rings (SSSR count). The molecule has 24 heavy (non-hydrogen) atoms. The maximum absolute atomic E-state index is 11.9. The molecule has 0 saturated heterocycles. The highest BCUT2D eigenvalue weighted by molar-refractivity contribution is 5.68. The first kappa shape index (κ1) is 18.4. The van der Waals surface area contributed by atoms with Crippen molar-refractivity contribution in [1.82, 2.24) is 5.32 Å².